The second-order valence-corrected chi connectivity index (χ2v) is 5.59. The molecule has 118 valence electrons. The first-order valence-corrected chi connectivity index (χ1v) is 7.87. The lowest BCUT2D eigenvalue weighted by Crippen LogP contribution is -2.27. The maximum Gasteiger partial charge on any atom is 0.270 e. The first-order chi connectivity index (χ1) is 11.8. The van der Waals surface area contributed by atoms with Gasteiger partial charge in [0.05, 0.1) is 11.0 Å². The molecule has 1 amide bonds. The molecular weight excluding hydrogens is 300 g/mol. The molecule has 5 heteroatoms. The highest BCUT2D eigenvalue weighted by Crippen LogP contribution is 2.16. The fourth-order valence-electron chi connectivity index (χ4n) is 2.80. The van der Waals surface area contributed by atoms with Crippen molar-refractivity contribution in [3.63, 3.8) is 0 Å². The largest absolute Gasteiger partial charge is 0.350 e. The average Bonchev–Trinajstić information content (AvgIpc) is 3.04. The number of imidazole rings is 1. The lowest BCUT2D eigenvalue weighted by molar-refractivity contribution is 0.0951. The third-order valence-corrected chi connectivity index (χ3v) is 3.97. The maximum atomic E-state index is 12.4. The molecule has 24 heavy (non-hydrogen) atoms. The van der Waals surface area contributed by atoms with Gasteiger partial charge < -0.3 is 10.3 Å². The van der Waals surface area contributed by atoms with Crippen molar-refractivity contribution in [3.05, 3.63) is 72.3 Å². The zero-order chi connectivity index (χ0) is 16.4. The standard InChI is InChI=1S/C19H16N4O/c24-19(18-14-6-2-1-5-13(14)9-11-20-18)21-12-10-17-22-15-7-3-4-8-16(15)23-17/h1-9,11H,10,12H2,(H,21,24)(H,22,23). The molecule has 0 spiro atoms. The lowest BCUT2D eigenvalue weighted by Gasteiger charge is -2.06. The molecule has 0 unspecified atom stereocenters. The first-order valence-electron chi connectivity index (χ1n) is 7.87. The van der Waals surface area contributed by atoms with E-state index in [1.807, 2.05) is 54.6 Å². The minimum absolute atomic E-state index is 0.164. The van der Waals surface area contributed by atoms with E-state index in [0.29, 0.717) is 18.7 Å². The molecule has 4 aromatic rings. The summed E-state index contributed by atoms with van der Waals surface area (Å²) in [4.78, 5) is 24.4. The van der Waals surface area contributed by atoms with Crippen LogP contribution in [0.5, 0.6) is 0 Å². The number of H-pyrrole nitrogens is 1. The number of benzene rings is 2. The number of fused-ring (bicyclic) bond motifs is 2. The summed E-state index contributed by atoms with van der Waals surface area (Å²) in [6.07, 6.45) is 2.31. The molecule has 0 aliphatic heterocycles. The second-order valence-electron chi connectivity index (χ2n) is 5.59. The fraction of sp³-hybridized carbons (Fsp3) is 0.105. The predicted molar refractivity (Wildman–Crippen MR) is 93.9 cm³/mol. The van der Waals surface area contributed by atoms with Crippen molar-refractivity contribution in [1.29, 1.82) is 0 Å². The number of nitrogens with one attached hydrogen (secondary N) is 2. The molecule has 5 nitrogen and oxygen atoms in total. The van der Waals surface area contributed by atoms with Crippen LogP contribution in [0.4, 0.5) is 0 Å². The quantitative estimate of drug-likeness (QED) is 0.608. The first kappa shape index (κ1) is 14.4. The Kier molecular flexibility index (Phi) is 3.67. The van der Waals surface area contributed by atoms with Gasteiger partial charge in [-0.15, -0.1) is 0 Å². The van der Waals surface area contributed by atoms with Crippen molar-refractivity contribution in [1.82, 2.24) is 20.3 Å². The Morgan fingerprint density at radius 2 is 1.88 bits per heavy atom. The van der Waals surface area contributed by atoms with E-state index in [0.717, 1.165) is 27.6 Å². The number of aromatic amines is 1. The van der Waals surface area contributed by atoms with Crippen molar-refractivity contribution in [2.45, 2.75) is 6.42 Å². The van der Waals surface area contributed by atoms with Gasteiger partial charge in [0.2, 0.25) is 0 Å². The van der Waals surface area contributed by atoms with Crippen LogP contribution < -0.4 is 5.32 Å². The van der Waals surface area contributed by atoms with Crippen LogP contribution in [0.3, 0.4) is 0 Å². The van der Waals surface area contributed by atoms with Crippen molar-refractivity contribution in [3.8, 4) is 0 Å². The van der Waals surface area contributed by atoms with Crippen LogP contribution in [0.15, 0.2) is 60.8 Å². The van der Waals surface area contributed by atoms with Gasteiger partial charge in [0.15, 0.2) is 0 Å². The van der Waals surface area contributed by atoms with E-state index in [-0.39, 0.29) is 5.91 Å². The van der Waals surface area contributed by atoms with E-state index < -0.39 is 0 Å². The van der Waals surface area contributed by atoms with E-state index >= 15 is 0 Å². The number of pyridine rings is 1. The van der Waals surface area contributed by atoms with Gasteiger partial charge in [-0.3, -0.25) is 9.78 Å². The van der Waals surface area contributed by atoms with E-state index in [9.17, 15) is 4.79 Å². The van der Waals surface area contributed by atoms with Gasteiger partial charge in [-0.2, -0.15) is 0 Å². The molecule has 4 rings (SSSR count). The summed E-state index contributed by atoms with van der Waals surface area (Å²) in [5, 5.41) is 4.79. The van der Waals surface area contributed by atoms with Crippen molar-refractivity contribution in [2.24, 2.45) is 0 Å². The van der Waals surface area contributed by atoms with Gasteiger partial charge in [0.1, 0.15) is 11.5 Å². The average molecular weight is 316 g/mol. The Bertz CT molecular complexity index is 984. The number of nitrogens with zero attached hydrogens (tertiary/aromatic N) is 2. The van der Waals surface area contributed by atoms with Crippen LogP contribution in [0.25, 0.3) is 21.8 Å². The Balaban J connectivity index is 1.46. The molecule has 0 radical (unpaired) electrons. The third-order valence-electron chi connectivity index (χ3n) is 3.97. The number of carbonyl (C=O) groups is 1. The second kappa shape index (κ2) is 6.12. The molecule has 0 aliphatic carbocycles. The Hall–Kier alpha value is -3.21. The summed E-state index contributed by atoms with van der Waals surface area (Å²) in [7, 11) is 0. The molecule has 0 bridgehead atoms. The van der Waals surface area contributed by atoms with Gasteiger partial charge in [-0.25, -0.2) is 4.98 Å². The summed E-state index contributed by atoms with van der Waals surface area (Å²) >= 11 is 0. The monoisotopic (exact) mass is 316 g/mol. The normalized spacial score (nSPS) is 11.0. The van der Waals surface area contributed by atoms with Crippen LogP contribution in [0.1, 0.15) is 16.3 Å². The Labute approximate surface area is 138 Å². The number of hydrogen-bond acceptors (Lipinski definition) is 3. The highest BCUT2D eigenvalue weighted by molar-refractivity contribution is 6.05. The van der Waals surface area contributed by atoms with Crippen LogP contribution in [0.2, 0.25) is 0 Å². The van der Waals surface area contributed by atoms with Crippen molar-refractivity contribution in [2.75, 3.05) is 6.54 Å². The Morgan fingerprint density at radius 3 is 2.79 bits per heavy atom. The van der Waals surface area contributed by atoms with Crippen molar-refractivity contribution < 1.29 is 4.79 Å². The van der Waals surface area contributed by atoms with Crippen LogP contribution in [-0.4, -0.2) is 27.4 Å². The van der Waals surface area contributed by atoms with Crippen LogP contribution in [0, 0.1) is 0 Å². The number of para-hydroxylation sites is 2. The number of hydrogen-bond donors (Lipinski definition) is 2. The van der Waals surface area contributed by atoms with E-state index in [2.05, 4.69) is 20.3 Å². The van der Waals surface area contributed by atoms with Crippen LogP contribution in [-0.2, 0) is 6.42 Å². The van der Waals surface area contributed by atoms with Gasteiger partial charge in [-0.05, 0) is 23.6 Å². The highest BCUT2D eigenvalue weighted by atomic mass is 16.1. The molecule has 2 aromatic heterocycles. The van der Waals surface area contributed by atoms with Crippen molar-refractivity contribution >= 4 is 27.7 Å². The SMILES string of the molecule is O=C(NCCc1nc2ccccc2[nH]1)c1nccc2ccccc12. The van der Waals surface area contributed by atoms with E-state index in [4.69, 9.17) is 0 Å². The zero-order valence-corrected chi connectivity index (χ0v) is 13.0. The minimum atomic E-state index is -0.164. The molecule has 2 heterocycles. The zero-order valence-electron chi connectivity index (χ0n) is 13.0. The minimum Gasteiger partial charge on any atom is -0.350 e. The number of rotatable bonds is 4. The molecule has 0 saturated heterocycles. The third kappa shape index (κ3) is 2.72. The van der Waals surface area contributed by atoms with E-state index in [1.165, 1.54) is 0 Å². The molecular formula is C19H16N4O. The summed E-state index contributed by atoms with van der Waals surface area (Å²) in [6, 6.07) is 17.5. The van der Waals surface area contributed by atoms with Gasteiger partial charge in [0, 0.05) is 24.5 Å². The molecule has 0 aliphatic rings. The smallest absolute Gasteiger partial charge is 0.270 e. The van der Waals surface area contributed by atoms with Gasteiger partial charge in [-0.1, -0.05) is 36.4 Å². The number of amides is 1. The molecule has 0 saturated carbocycles. The summed E-state index contributed by atoms with van der Waals surface area (Å²) < 4.78 is 0. The van der Waals surface area contributed by atoms with Gasteiger partial charge in [0.25, 0.3) is 5.91 Å². The molecule has 0 fully saturated rings. The molecule has 0 atom stereocenters. The predicted octanol–water partition coefficient (Wildman–Crippen LogP) is 3.08. The molecule has 2 N–H and O–H groups in total. The van der Waals surface area contributed by atoms with Crippen LogP contribution >= 0.6 is 0 Å². The lowest BCUT2D eigenvalue weighted by atomic mass is 10.1. The summed E-state index contributed by atoms with van der Waals surface area (Å²) in [5.41, 5.74) is 2.40. The Morgan fingerprint density at radius 1 is 1.04 bits per heavy atom. The summed E-state index contributed by atoms with van der Waals surface area (Å²) in [5.74, 6) is 0.699. The number of aromatic nitrogens is 3. The number of carbonyl (C=O) groups excluding carboxylic acids is 1. The fourth-order valence-corrected chi connectivity index (χ4v) is 2.80. The maximum absolute atomic E-state index is 12.4. The summed E-state index contributed by atoms with van der Waals surface area (Å²) in [6.45, 7) is 0.504. The van der Waals surface area contributed by atoms with E-state index in [1.54, 1.807) is 6.20 Å². The molecule has 2 aromatic carbocycles. The topological polar surface area (TPSA) is 70.7 Å². The highest BCUT2D eigenvalue weighted by Gasteiger charge is 2.11. The van der Waals surface area contributed by atoms with Gasteiger partial charge >= 0.3 is 0 Å².